The quantitative estimate of drug-likeness (QED) is 0.558. The number of halogens is 1. The van der Waals surface area contributed by atoms with Gasteiger partial charge >= 0.3 is 0 Å². The number of rotatable bonds is 4. The second-order valence-electron chi connectivity index (χ2n) is 7.45. The Kier molecular flexibility index (Phi) is 4.63. The molecule has 1 unspecified atom stereocenters. The molecule has 0 aliphatic carbocycles. The number of nitrogens with one attached hydrogen (secondary N) is 1. The van der Waals surface area contributed by atoms with E-state index >= 15 is 0 Å². The van der Waals surface area contributed by atoms with Gasteiger partial charge in [0.15, 0.2) is 0 Å². The van der Waals surface area contributed by atoms with Crippen molar-refractivity contribution in [2.24, 2.45) is 0 Å². The van der Waals surface area contributed by atoms with Crippen LogP contribution in [0.2, 0.25) is 0 Å². The molecule has 2 aromatic heterocycles. The SMILES string of the molecule is O=C(c1cc(-c2ccc(F)cc2)c[nH]1)N1CCC(n2cc(-c3ccccc3)nn2)C1. The number of nitrogens with zero attached hydrogens (tertiary/aromatic N) is 4. The number of hydrogen-bond donors (Lipinski definition) is 1. The number of aromatic nitrogens is 4. The number of H-pyrrole nitrogens is 1. The van der Waals surface area contributed by atoms with Crippen molar-refractivity contribution in [1.29, 1.82) is 0 Å². The third-order valence-corrected chi connectivity index (χ3v) is 5.50. The van der Waals surface area contributed by atoms with E-state index in [9.17, 15) is 9.18 Å². The second-order valence-corrected chi connectivity index (χ2v) is 7.45. The fourth-order valence-electron chi connectivity index (χ4n) is 3.84. The average Bonchev–Trinajstić information content (AvgIpc) is 3.54. The first-order chi connectivity index (χ1) is 14.7. The Balaban J connectivity index is 1.28. The minimum absolute atomic E-state index is 0.0470. The van der Waals surface area contributed by atoms with Crippen LogP contribution < -0.4 is 0 Å². The van der Waals surface area contributed by atoms with Crippen molar-refractivity contribution in [2.75, 3.05) is 13.1 Å². The molecular weight excluding hydrogens is 381 g/mol. The van der Waals surface area contributed by atoms with Crippen molar-refractivity contribution in [1.82, 2.24) is 24.9 Å². The summed E-state index contributed by atoms with van der Waals surface area (Å²) in [4.78, 5) is 17.8. The molecule has 1 N–H and O–H groups in total. The van der Waals surface area contributed by atoms with Gasteiger partial charge < -0.3 is 9.88 Å². The molecule has 0 saturated carbocycles. The number of carbonyl (C=O) groups excluding carboxylic acids is 1. The van der Waals surface area contributed by atoms with Gasteiger partial charge in [-0.1, -0.05) is 47.7 Å². The van der Waals surface area contributed by atoms with E-state index in [1.165, 1.54) is 12.1 Å². The molecule has 1 amide bonds. The summed E-state index contributed by atoms with van der Waals surface area (Å²) in [5, 5.41) is 8.56. The maximum absolute atomic E-state index is 13.1. The molecule has 0 radical (unpaired) electrons. The topological polar surface area (TPSA) is 66.8 Å². The maximum Gasteiger partial charge on any atom is 0.270 e. The van der Waals surface area contributed by atoms with Crippen molar-refractivity contribution in [3.63, 3.8) is 0 Å². The largest absolute Gasteiger partial charge is 0.357 e. The highest BCUT2D eigenvalue weighted by atomic mass is 19.1. The lowest BCUT2D eigenvalue weighted by Crippen LogP contribution is -2.29. The zero-order valence-electron chi connectivity index (χ0n) is 16.2. The Morgan fingerprint density at radius 2 is 1.83 bits per heavy atom. The first-order valence-electron chi connectivity index (χ1n) is 9.88. The van der Waals surface area contributed by atoms with Gasteiger partial charge in [0.05, 0.1) is 12.2 Å². The Hall–Kier alpha value is -3.74. The summed E-state index contributed by atoms with van der Waals surface area (Å²) in [5.74, 6) is -0.327. The van der Waals surface area contributed by atoms with Gasteiger partial charge in [-0.3, -0.25) is 4.79 Å². The van der Waals surface area contributed by atoms with Crippen LogP contribution in [-0.4, -0.2) is 43.9 Å². The van der Waals surface area contributed by atoms with Crippen LogP contribution in [0.5, 0.6) is 0 Å². The van der Waals surface area contributed by atoms with Gasteiger partial charge in [0.1, 0.15) is 17.2 Å². The summed E-state index contributed by atoms with van der Waals surface area (Å²) < 4.78 is 15.0. The summed E-state index contributed by atoms with van der Waals surface area (Å²) in [6.07, 6.45) is 4.54. The van der Waals surface area contributed by atoms with Crippen LogP contribution in [0.15, 0.2) is 73.1 Å². The third kappa shape index (κ3) is 3.50. The Morgan fingerprint density at radius 3 is 2.63 bits per heavy atom. The van der Waals surface area contributed by atoms with Crippen LogP contribution in [-0.2, 0) is 0 Å². The molecule has 2 aromatic carbocycles. The van der Waals surface area contributed by atoms with E-state index in [0.717, 1.165) is 28.8 Å². The van der Waals surface area contributed by atoms with Crippen LogP contribution in [0, 0.1) is 5.82 Å². The smallest absolute Gasteiger partial charge is 0.270 e. The molecule has 0 bridgehead atoms. The summed E-state index contributed by atoms with van der Waals surface area (Å²) in [7, 11) is 0. The summed E-state index contributed by atoms with van der Waals surface area (Å²) in [6.45, 7) is 1.25. The van der Waals surface area contributed by atoms with Gasteiger partial charge in [0, 0.05) is 24.8 Å². The fraction of sp³-hybridized carbons (Fsp3) is 0.174. The van der Waals surface area contributed by atoms with E-state index < -0.39 is 0 Å². The number of aromatic amines is 1. The van der Waals surface area contributed by atoms with Crippen molar-refractivity contribution >= 4 is 5.91 Å². The molecule has 1 aliphatic rings. The lowest BCUT2D eigenvalue weighted by molar-refractivity contribution is 0.0782. The Labute approximate surface area is 173 Å². The lowest BCUT2D eigenvalue weighted by atomic mass is 10.1. The highest BCUT2D eigenvalue weighted by Crippen LogP contribution is 2.26. The van der Waals surface area contributed by atoms with Crippen LogP contribution in [0.4, 0.5) is 4.39 Å². The van der Waals surface area contributed by atoms with E-state index in [0.29, 0.717) is 18.8 Å². The van der Waals surface area contributed by atoms with Gasteiger partial charge in [-0.05, 0) is 35.7 Å². The Bertz CT molecular complexity index is 1170. The summed E-state index contributed by atoms with van der Waals surface area (Å²) >= 11 is 0. The van der Waals surface area contributed by atoms with Crippen LogP contribution in [0.25, 0.3) is 22.4 Å². The molecule has 1 saturated heterocycles. The minimum atomic E-state index is -0.280. The van der Waals surface area contributed by atoms with Crippen LogP contribution in [0.1, 0.15) is 23.0 Å². The third-order valence-electron chi connectivity index (χ3n) is 5.50. The molecule has 150 valence electrons. The molecule has 6 nitrogen and oxygen atoms in total. The maximum atomic E-state index is 13.1. The molecule has 1 fully saturated rings. The molecular formula is C23H20FN5O. The monoisotopic (exact) mass is 401 g/mol. The first-order valence-corrected chi connectivity index (χ1v) is 9.88. The number of likely N-dealkylation sites (tertiary alicyclic amines) is 1. The zero-order valence-corrected chi connectivity index (χ0v) is 16.2. The molecule has 0 spiro atoms. The molecule has 3 heterocycles. The predicted octanol–water partition coefficient (Wildman–Crippen LogP) is 4.17. The van der Waals surface area contributed by atoms with Crippen molar-refractivity contribution in [3.8, 4) is 22.4 Å². The molecule has 30 heavy (non-hydrogen) atoms. The van der Waals surface area contributed by atoms with E-state index in [4.69, 9.17) is 0 Å². The van der Waals surface area contributed by atoms with Crippen LogP contribution >= 0.6 is 0 Å². The van der Waals surface area contributed by atoms with E-state index in [1.54, 1.807) is 18.3 Å². The van der Waals surface area contributed by atoms with Crippen molar-refractivity contribution < 1.29 is 9.18 Å². The number of carbonyl (C=O) groups is 1. The lowest BCUT2D eigenvalue weighted by Gasteiger charge is -2.15. The van der Waals surface area contributed by atoms with E-state index in [-0.39, 0.29) is 17.8 Å². The Morgan fingerprint density at radius 1 is 1.03 bits per heavy atom. The molecule has 1 atom stereocenters. The summed E-state index contributed by atoms with van der Waals surface area (Å²) in [6, 6.07) is 18.1. The molecule has 7 heteroatoms. The predicted molar refractivity (Wildman–Crippen MR) is 111 cm³/mol. The standard InChI is InChI=1S/C23H20FN5O/c24-19-8-6-16(7-9-19)18-12-21(25-13-18)23(30)28-11-10-20(14-28)29-15-22(26-27-29)17-4-2-1-3-5-17/h1-9,12-13,15,20,25H,10-11,14H2. The first kappa shape index (κ1) is 18.3. The zero-order chi connectivity index (χ0) is 20.5. The van der Waals surface area contributed by atoms with E-state index in [1.807, 2.05) is 52.2 Å². The van der Waals surface area contributed by atoms with Gasteiger partial charge in [-0.2, -0.15) is 0 Å². The van der Waals surface area contributed by atoms with Gasteiger partial charge in [0.2, 0.25) is 0 Å². The van der Waals surface area contributed by atoms with Gasteiger partial charge in [0.25, 0.3) is 5.91 Å². The van der Waals surface area contributed by atoms with Crippen LogP contribution in [0.3, 0.4) is 0 Å². The van der Waals surface area contributed by atoms with Crippen molar-refractivity contribution in [3.05, 3.63) is 84.6 Å². The highest BCUT2D eigenvalue weighted by molar-refractivity contribution is 5.94. The molecule has 5 rings (SSSR count). The number of amides is 1. The molecule has 4 aromatic rings. The normalized spacial score (nSPS) is 16.2. The van der Waals surface area contributed by atoms with Gasteiger partial charge in [-0.25, -0.2) is 9.07 Å². The minimum Gasteiger partial charge on any atom is -0.357 e. The van der Waals surface area contributed by atoms with Crippen molar-refractivity contribution in [2.45, 2.75) is 12.5 Å². The molecule has 1 aliphatic heterocycles. The highest BCUT2D eigenvalue weighted by Gasteiger charge is 2.29. The average molecular weight is 401 g/mol. The van der Waals surface area contributed by atoms with E-state index in [2.05, 4.69) is 15.3 Å². The second kappa shape index (κ2) is 7.59. The fourth-order valence-corrected chi connectivity index (χ4v) is 3.84. The number of benzene rings is 2. The van der Waals surface area contributed by atoms with Gasteiger partial charge in [-0.15, -0.1) is 5.10 Å². The summed E-state index contributed by atoms with van der Waals surface area (Å²) in [5.41, 5.74) is 4.10. The number of hydrogen-bond acceptors (Lipinski definition) is 3.